The second kappa shape index (κ2) is 8.80. The maximum Gasteiger partial charge on any atom is 0.134 e. The van der Waals surface area contributed by atoms with Gasteiger partial charge in [0, 0.05) is 6.21 Å². The van der Waals surface area contributed by atoms with Gasteiger partial charge in [0.15, 0.2) is 0 Å². The minimum Gasteiger partial charge on any atom is -1.00 e. The standard InChI is InChI=1S/C15H13BrN2.BrH/c16-13(11-17-14-7-3-1-4-8-14)12-18-15-9-5-2-6-10-15;/h1-12,17H;1H. The van der Waals surface area contributed by atoms with Crippen LogP contribution in [0.15, 0.2) is 76.3 Å². The van der Waals surface area contributed by atoms with Crippen molar-refractivity contribution in [3.8, 4) is 0 Å². The summed E-state index contributed by atoms with van der Waals surface area (Å²) in [7, 11) is 0. The molecule has 0 bridgehead atoms. The Labute approximate surface area is 132 Å². The second-order valence-corrected chi connectivity index (χ2v) is 4.64. The first kappa shape index (κ1) is 15.8. The van der Waals surface area contributed by atoms with E-state index in [0.29, 0.717) is 0 Å². The molecule has 0 spiro atoms. The molecule has 19 heavy (non-hydrogen) atoms. The molecular formula is C15H14Br2N2. The van der Waals surface area contributed by atoms with Gasteiger partial charge in [-0.15, -0.1) is 0 Å². The van der Waals surface area contributed by atoms with Crippen molar-refractivity contribution in [2.75, 3.05) is 0 Å². The van der Waals surface area contributed by atoms with Gasteiger partial charge in [0.2, 0.25) is 0 Å². The summed E-state index contributed by atoms with van der Waals surface area (Å²) in [5.74, 6) is 0. The fourth-order valence-corrected chi connectivity index (χ4v) is 1.67. The fourth-order valence-electron chi connectivity index (χ4n) is 1.43. The molecule has 2 N–H and O–H groups in total. The maximum absolute atomic E-state index is 4.36. The van der Waals surface area contributed by atoms with Crippen LogP contribution in [0.4, 0.5) is 11.4 Å². The Balaban J connectivity index is 0.00000180. The molecule has 4 heteroatoms. The van der Waals surface area contributed by atoms with Crippen LogP contribution >= 0.6 is 15.9 Å². The molecule has 98 valence electrons. The third kappa shape index (κ3) is 5.96. The lowest BCUT2D eigenvalue weighted by molar-refractivity contribution is -0.496. The Morgan fingerprint density at radius 2 is 1.53 bits per heavy atom. The Hall–Kier alpha value is -1.23. The highest BCUT2D eigenvalue weighted by Gasteiger charge is 1.93. The summed E-state index contributed by atoms with van der Waals surface area (Å²) in [5, 5.41) is 2.04. The Morgan fingerprint density at radius 3 is 2.16 bits per heavy atom. The number of allylic oxidation sites excluding steroid dienone is 1. The predicted molar refractivity (Wildman–Crippen MR) is 79.6 cm³/mol. The number of hydrogen-bond donors (Lipinski definition) is 1. The molecule has 0 radical (unpaired) electrons. The van der Waals surface area contributed by atoms with E-state index >= 15 is 0 Å². The first-order valence-corrected chi connectivity index (χ1v) is 6.48. The number of aliphatic imine (C=N–C) groups is 1. The zero-order valence-corrected chi connectivity index (χ0v) is 13.4. The maximum atomic E-state index is 4.36. The van der Waals surface area contributed by atoms with Gasteiger partial charge < -0.3 is 17.0 Å². The van der Waals surface area contributed by atoms with Crippen molar-refractivity contribution >= 4 is 33.5 Å². The Bertz CT molecular complexity index is 537. The van der Waals surface area contributed by atoms with Gasteiger partial charge in [0.1, 0.15) is 11.9 Å². The topological polar surface area (TPSA) is 29.0 Å². The smallest absolute Gasteiger partial charge is 0.134 e. The molecule has 0 unspecified atom stereocenters. The van der Waals surface area contributed by atoms with Crippen LogP contribution in [0.2, 0.25) is 0 Å². The minimum absolute atomic E-state index is 0. The summed E-state index contributed by atoms with van der Waals surface area (Å²) < 4.78 is 0.940. The van der Waals surface area contributed by atoms with Crippen LogP contribution < -0.4 is 22.3 Å². The summed E-state index contributed by atoms with van der Waals surface area (Å²) in [4.78, 5) is 4.36. The highest BCUT2D eigenvalue weighted by molar-refractivity contribution is 9.12. The average Bonchev–Trinajstić information content (AvgIpc) is 2.45. The number of para-hydroxylation sites is 2. The summed E-state index contributed by atoms with van der Waals surface area (Å²) in [6.45, 7) is 0. The molecule has 2 rings (SSSR count). The molecule has 0 aliphatic rings. The summed E-state index contributed by atoms with van der Waals surface area (Å²) in [5.41, 5.74) is 2.12. The lowest BCUT2D eigenvalue weighted by atomic mass is 10.3. The van der Waals surface area contributed by atoms with Crippen molar-refractivity contribution in [2.45, 2.75) is 0 Å². The normalized spacial score (nSPS) is 11.3. The lowest BCUT2D eigenvalue weighted by Gasteiger charge is -1.94. The lowest BCUT2D eigenvalue weighted by Crippen LogP contribution is -3.00. The molecule has 2 aromatic rings. The van der Waals surface area contributed by atoms with E-state index in [1.54, 1.807) is 6.21 Å². The first-order valence-electron chi connectivity index (χ1n) is 5.69. The number of halogens is 2. The van der Waals surface area contributed by atoms with E-state index in [0.717, 1.165) is 10.2 Å². The number of rotatable bonds is 4. The Kier molecular flexibility index (Phi) is 7.33. The van der Waals surface area contributed by atoms with Gasteiger partial charge in [-0.25, -0.2) is 0 Å². The molecule has 0 aliphatic heterocycles. The summed E-state index contributed by atoms with van der Waals surface area (Å²) in [6, 6.07) is 20.0. The highest BCUT2D eigenvalue weighted by atomic mass is 79.9. The van der Waals surface area contributed by atoms with E-state index in [-0.39, 0.29) is 17.0 Å². The van der Waals surface area contributed by atoms with Crippen molar-refractivity contribution in [3.63, 3.8) is 0 Å². The van der Waals surface area contributed by atoms with Gasteiger partial charge in [0.05, 0.1) is 10.2 Å². The van der Waals surface area contributed by atoms with Gasteiger partial charge in [0.25, 0.3) is 0 Å². The van der Waals surface area contributed by atoms with Crippen molar-refractivity contribution in [2.24, 2.45) is 4.99 Å². The number of quaternary nitrogens is 1. The molecule has 0 aromatic heterocycles. The third-order valence-electron chi connectivity index (χ3n) is 2.33. The third-order valence-corrected chi connectivity index (χ3v) is 2.80. The molecule has 0 amide bonds. The van der Waals surface area contributed by atoms with Crippen LogP contribution in [0.3, 0.4) is 0 Å². The Morgan fingerprint density at radius 1 is 0.947 bits per heavy atom. The van der Waals surface area contributed by atoms with E-state index < -0.39 is 0 Å². The van der Waals surface area contributed by atoms with Gasteiger partial charge in [-0.2, -0.15) is 0 Å². The molecule has 2 nitrogen and oxygen atoms in total. The van der Waals surface area contributed by atoms with Gasteiger partial charge in [-0.1, -0.05) is 36.4 Å². The zero-order chi connectivity index (χ0) is 12.6. The van der Waals surface area contributed by atoms with Crippen LogP contribution in [0.25, 0.3) is 0 Å². The monoisotopic (exact) mass is 380 g/mol. The number of nitrogens with two attached hydrogens (primary N) is 1. The summed E-state index contributed by atoms with van der Waals surface area (Å²) >= 11 is 3.47. The highest BCUT2D eigenvalue weighted by Crippen LogP contribution is 2.10. The molecular weight excluding hydrogens is 368 g/mol. The number of benzene rings is 2. The largest absolute Gasteiger partial charge is 1.00 e. The van der Waals surface area contributed by atoms with E-state index in [9.17, 15) is 0 Å². The van der Waals surface area contributed by atoms with E-state index in [1.807, 2.05) is 60.0 Å². The minimum atomic E-state index is 0. The van der Waals surface area contributed by atoms with E-state index in [1.165, 1.54) is 5.69 Å². The van der Waals surface area contributed by atoms with E-state index in [4.69, 9.17) is 0 Å². The van der Waals surface area contributed by atoms with Crippen LogP contribution in [0, 0.1) is 0 Å². The fraction of sp³-hybridized carbons (Fsp3) is 0. The van der Waals surface area contributed by atoms with Crippen LogP contribution in [-0.2, 0) is 0 Å². The average molecular weight is 382 g/mol. The molecule has 0 saturated carbocycles. The zero-order valence-electron chi connectivity index (χ0n) is 10.2. The number of nitrogens with zero attached hydrogens (tertiary/aromatic N) is 1. The molecule has 2 aromatic carbocycles. The quantitative estimate of drug-likeness (QED) is 0.591. The second-order valence-electron chi connectivity index (χ2n) is 3.72. The molecule has 0 heterocycles. The van der Waals surface area contributed by atoms with Crippen molar-refractivity contribution < 1.29 is 22.3 Å². The predicted octanol–water partition coefficient (Wildman–Crippen LogP) is 0.524. The van der Waals surface area contributed by atoms with Gasteiger partial charge in [-0.05, 0) is 40.2 Å². The molecule has 0 fully saturated rings. The summed E-state index contributed by atoms with van der Waals surface area (Å²) in [6.07, 6.45) is 3.79. The van der Waals surface area contributed by atoms with Crippen molar-refractivity contribution in [3.05, 3.63) is 71.3 Å². The molecule has 0 atom stereocenters. The SMILES string of the molecule is BrC(C=Nc1ccccc1)=C[NH2+]c1ccccc1.[Br-]. The van der Waals surface area contributed by atoms with Crippen LogP contribution in [-0.4, -0.2) is 6.21 Å². The van der Waals surface area contributed by atoms with Gasteiger partial charge >= 0.3 is 0 Å². The number of hydrogen-bond acceptors (Lipinski definition) is 1. The molecule has 0 saturated heterocycles. The van der Waals surface area contributed by atoms with Gasteiger partial charge in [-0.3, -0.25) is 10.3 Å². The van der Waals surface area contributed by atoms with Crippen molar-refractivity contribution in [1.29, 1.82) is 0 Å². The van der Waals surface area contributed by atoms with Crippen LogP contribution in [0.1, 0.15) is 0 Å². The van der Waals surface area contributed by atoms with Crippen LogP contribution in [0.5, 0.6) is 0 Å². The van der Waals surface area contributed by atoms with E-state index in [2.05, 4.69) is 33.1 Å². The first-order chi connectivity index (χ1) is 8.84. The molecule has 0 aliphatic carbocycles. The van der Waals surface area contributed by atoms with Crippen molar-refractivity contribution in [1.82, 2.24) is 0 Å².